The van der Waals surface area contributed by atoms with Gasteiger partial charge in [0, 0.05) is 5.02 Å². The topological polar surface area (TPSA) is 38.3 Å². The van der Waals surface area contributed by atoms with Crippen LogP contribution >= 0.6 is 11.6 Å². The molecule has 0 aliphatic carbocycles. The van der Waals surface area contributed by atoms with Gasteiger partial charge in [0.1, 0.15) is 5.75 Å². The first-order valence-corrected chi connectivity index (χ1v) is 7.07. The Morgan fingerprint density at radius 3 is 2.62 bits per heavy atom. The monoisotopic (exact) mass is 303 g/mol. The molecule has 0 atom stereocenters. The molecule has 0 aromatic heterocycles. The lowest BCUT2D eigenvalue weighted by molar-refractivity contribution is -0.115. The number of ether oxygens (including phenoxy) is 1. The summed E-state index contributed by atoms with van der Waals surface area (Å²) in [5.41, 5.74) is 3.90. The second-order valence-electron chi connectivity index (χ2n) is 5.00. The average molecular weight is 304 g/mol. The lowest BCUT2D eigenvalue weighted by Gasteiger charge is -2.11. The van der Waals surface area contributed by atoms with E-state index in [2.05, 4.69) is 11.4 Å². The van der Waals surface area contributed by atoms with Gasteiger partial charge in [0.25, 0.3) is 0 Å². The fraction of sp³-hybridized carbons (Fsp3) is 0.235. The number of nitrogens with one attached hydrogen (secondary N) is 1. The SMILES string of the molecule is COc1ccc(Cl)cc1NC(=O)Cc1ccc(C)cc1C. The van der Waals surface area contributed by atoms with Crippen molar-refractivity contribution in [3.05, 3.63) is 58.1 Å². The van der Waals surface area contributed by atoms with Crippen LogP contribution in [0.1, 0.15) is 16.7 Å². The quantitative estimate of drug-likeness (QED) is 0.921. The zero-order valence-corrected chi connectivity index (χ0v) is 13.1. The molecule has 110 valence electrons. The Morgan fingerprint density at radius 1 is 1.19 bits per heavy atom. The Hall–Kier alpha value is -2.00. The van der Waals surface area contributed by atoms with Crippen LogP contribution in [0.4, 0.5) is 5.69 Å². The van der Waals surface area contributed by atoms with Crippen LogP contribution in [0.5, 0.6) is 5.75 Å². The number of halogens is 1. The van der Waals surface area contributed by atoms with Gasteiger partial charge in [-0.15, -0.1) is 0 Å². The van der Waals surface area contributed by atoms with Crippen molar-refractivity contribution < 1.29 is 9.53 Å². The first-order chi connectivity index (χ1) is 9.99. The Morgan fingerprint density at radius 2 is 1.95 bits per heavy atom. The van der Waals surface area contributed by atoms with Gasteiger partial charge in [-0.25, -0.2) is 0 Å². The summed E-state index contributed by atoms with van der Waals surface area (Å²) in [5.74, 6) is 0.496. The second-order valence-corrected chi connectivity index (χ2v) is 5.44. The van der Waals surface area contributed by atoms with E-state index in [1.807, 2.05) is 26.0 Å². The van der Waals surface area contributed by atoms with Crippen LogP contribution in [0.2, 0.25) is 5.02 Å². The minimum atomic E-state index is -0.0949. The van der Waals surface area contributed by atoms with E-state index in [0.29, 0.717) is 22.9 Å². The highest BCUT2D eigenvalue weighted by Crippen LogP contribution is 2.27. The van der Waals surface area contributed by atoms with Crippen LogP contribution in [0.25, 0.3) is 0 Å². The number of hydrogen-bond acceptors (Lipinski definition) is 2. The van der Waals surface area contributed by atoms with E-state index in [1.54, 1.807) is 25.3 Å². The van der Waals surface area contributed by atoms with Crippen molar-refractivity contribution in [2.45, 2.75) is 20.3 Å². The van der Waals surface area contributed by atoms with Crippen LogP contribution in [0.3, 0.4) is 0 Å². The van der Waals surface area contributed by atoms with E-state index in [9.17, 15) is 4.79 Å². The third-order valence-corrected chi connectivity index (χ3v) is 3.52. The first-order valence-electron chi connectivity index (χ1n) is 6.69. The molecule has 1 N–H and O–H groups in total. The Labute approximate surface area is 129 Å². The van der Waals surface area contributed by atoms with Crippen LogP contribution in [0.15, 0.2) is 36.4 Å². The zero-order chi connectivity index (χ0) is 15.4. The predicted molar refractivity (Wildman–Crippen MR) is 86.3 cm³/mol. The number of hydrogen-bond donors (Lipinski definition) is 1. The maximum absolute atomic E-state index is 12.2. The maximum atomic E-state index is 12.2. The van der Waals surface area contributed by atoms with E-state index in [4.69, 9.17) is 16.3 Å². The molecule has 0 radical (unpaired) electrons. The zero-order valence-electron chi connectivity index (χ0n) is 12.4. The Bertz CT molecular complexity index is 668. The number of carbonyl (C=O) groups excluding carboxylic acids is 1. The summed E-state index contributed by atoms with van der Waals surface area (Å²) >= 11 is 5.95. The molecule has 1 amide bonds. The number of amides is 1. The lowest BCUT2D eigenvalue weighted by atomic mass is 10.0. The molecule has 0 unspecified atom stereocenters. The first kappa shape index (κ1) is 15.4. The molecule has 0 bridgehead atoms. The largest absolute Gasteiger partial charge is 0.495 e. The molecular weight excluding hydrogens is 286 g/mol. The summed E-state index contributed by atoms with van der Waals surface area (Å²) in [6, 6.07) is 11.2. The van der Waals surface area contributed by atoms with Crippen molar-refractivity contribution in [2.75, 3.05) is 12.4 Å². The van der Waals surface area contributed by atoms with Gasteiger partial charge in [0.15, 0.2) is 0 Å². The minimum Gasteiger partial charge on any atom is -0.495 e. The smallest absolute Gasteiger partial charge is 0.228 e. The number of aryl methyl sites for hydroxylation is 2. The van der Waals surface area contributed by atoms with E-state index >= 15 is 0 Å². The number of rotatable bonds is 4. The Kier molecular flexibility index (Phi) is 4.86. The summed E-state index contributed by atoms with van der Waals surface area (Å²) in [6.07, 6.45) is 0.321. The van der Waals surface area contributed by atoms with Crippen molar-refractivity contribution in [1.29, 1.82) is 0 Å². The molecule has 0 spiro atoms. The molecule has 2 aromatic rings. The highest BCUT2D eigenvalue weighted by Gasteiger charge is 2.10. The summed E-state index contributed by atoms with van der Waals surface area (Å²) < 4.78 is 5.22. The van der Waals surface area contributed by atoms with Crippen LogP contribution in [0, 0.1) is 13.8 Å². The molecule has 4 heteroatoms. The van der Waals surface area contributed by atoms with Crippen LogP contribution in [-0.4, -0.2) is 13.0 Å². The van der Waals surface area contributed by atoms with E-state index < -0.39 is 0 Å². The number of methoxy groups -OCH3 is 1. The van der Waals surface area contributed by atoms with Crippen molar-refractivity contribution in [1.82, 2.24) is 0 Å². The molecule has 0 heterocycles. The van der Waals surface area contributed by atoms with E-state index in [0.717, 1.165) is 11.1 Å². The van der Waals surface area contributed by atoms with Gasteiger partial charge in [-0.3, -0.25) is 4.79 Å². The number of carbonyl (C=O) groups is 1. The normalized spacial score (nSPS) is 10.3. The van der Waals surface area contributed by atoms with Gasteiger partial charge in [-0.2, -0.15) is 0 Å². The molecule has 0 aliphatic heterocycles. The molecule has 3 nitrogen and oxygen atoms in total. The summed E-state index contributed by atoms with van der Waals surface area (Å²) in [6.45, 7) is 4.04. The van der Waals surface area contributed by atoms with Gasteiger partial charge in [-0.1, -0.05) is 35.4 Å². The Balaban J connectivity index is 2.13. The number of benzene rings is 2. The maximum Gasteiger partial charge on any atom is 0.228 e. The summed E-state index contributed by atoms with van der Waals surface area (Å²) in [5, 5.41) is 3.40. The van der Waals surface area contributed by atoms with Crippen molar-refractivity contribution in [2.24, 2.45) is 0 Å². The van der Waals surface area contributed by atoms with Crippen molar-refractivity contribution >= 4 is 23.2 Å². The minimum absolute atomic E-state index is 0.0949. The third-order valence-electron chi connectivity index (χ3n) is 3.28. The highest BCUT2D eigenvalue weighted by atomic mass is 35.5. The van der Waals surface area contributed by atoms with E-state index in [1.165, 1.54) is 5.56 Å². The third kappa shape index (κ3) is 3.99. The number of anilines is 1. The highest BCUT2D eigenvalue weighted by molar-refractivity contribution is 6.31. The molecule has 0 saturated carbocycles. The fourth-order valence-electron chi connectivity index (χ4n) is 2.19. The van der Waals surface area contributed by atoms with Gasteiger partial charge in [-0.05, 0) is 43.2 Å². The van der Waals surface area contributed by atoms with Gasteiger partial charge >= 0.3 is 0 Å². The fourth-order valence-corrected chi connectivity index (χ4v) is 2.36. The standard InChI is InChI=1S/C17H18ClNO2/c1-11-4-5-13(12(2)8-11)9-17(20)19-15-10-14(18)6-7-16(15)21-3/h4-8,10H,9H2,1-3H3,(H,19,20). The average Bonchev–Trinajstić information content (AvgIpc) is 2.42. The van der Waals surface area contributed by atoms with Crippen LogP contribution in [-0.2, 0) is 11.2 Å². The second kappa shape index (κ2) is 6.64. The molecule has 2 rings (SSSR count). The molecule has 0 aliphatic rings. The van der Waals surface area contributed by atoms with Crippen molar-refractivity contribution in [3.63, 3.8) is 0 Å². The molecule has 0 fully saturated rings. The van der Waals surface area contributed by atoms with E-state index in [-0.39, 0.29) is 5.91 Å². The molecule has 2 aromatic carbocycles. The van der Waals surface area contributed by atoms with Crippen molar-refractivity contribution in [3.8, 4) is 5.75 Å². The molecule has 0 saturated heterocycles. The molecule has 21 heavy (non-hydrogen) atoms. The van der Waals surface area contributed by atoms with Gasteiger partial charge < -0.3 is 10.1 Å². The molecular formula is C17H18ClNO2. The summed E-state index contributed by atoms with van der Waals surface area (Å²) in [4.78, 5) is 12.2. The summed E-state index contributed by atoms with van der Waals surface area (Å²) in [7, 11) is 1.56. The lowest BCUT2D eigenvalue weighted by Crippen LogP contribution is -2.15. The van der Waals surface area contributed by atoms with Crippen LogP contribution < -0.4 is 10.1 Å². The van der Waals surface area contributed by atoms with Gasteiger partial charge in [0.2, 0.25) is 5.91 Å². The predicted octanol–water partition coefficient (Wildman–Crippen LogP) is 4.15. The van der Waals surface area contributed by atoms with Gasteiger partial charge in [0.05, 0.1) is 19.2 Å².